The lowest BCUT2D eigenvalue weighted by atomic mass is 10.0. The van der Waals surface area contributed by atoms with Crippen LogP contribution in [0, 0.1) is 0 Å². The van der Waals surface area contributed by atoms with Gasteiger partial charge in [0, 0.05) is 37.1 Å². The highest BCUT2D eigenvalue weighted by atomic mass is 35.5. The summed E-state index contributed by atoms with van der Waals surface area (Å²) in [7, 11) is 3.58. The number of hydrogen-bond donors (Lipinski definition) is 2. The van der Waals surface area contributed by atoms with Crippen LogP contribution in [0.3, 0.4) is 0 Å². The fraction of sp³-hybridized carbons (Fsp3) is 0.300. The second kappa shape index (κ2) is 11.6. The predicted octanol–water partition coefficient (Wildman–Crippen LogP) is 2.78. The van der Waals surface area contributed by atoms with Crippen LogP contribution in [0.1, 0.15) is 15.9 Å². The van der Waals surface area contributed by atoms with Gasteiger partial charge in [-0.05, 0) is 36.9 Å². The first-order valence-electron chi connectivity index (χ1n) is 8.51. The summed E-state index contributed by atoms with van der Waals surface area (Å²) in [6.07, 6.45) is 0.433. The molecule has 0 saturated heterocycles. The van der Waals surface area contributed by atoms with Gasteiger partial charge in [0.25, 0.3) is 5.91 Å². The molecule has 2 amide bonds. The third-order valence-electron chi connectivity index (χ3n) is 4.07. The van der Waals surface area contributed by atoms with Gasteiger partial charge < -0.3 is 15.5 Å². The van der Waals surface area contributed by atoms with Crippen LogP contribution >= 0.6 is 24.0 Å². The number of amides is 2. The molecule has 2 aromatic rings. The highest BCUT2D eigenvalue weighted by molar-refractivity contribution is 6.30. The zero-order valence-corrected chi connectivity index (χ0v) is 17.0. The molecule has 7 heteroatoms. The normalized spacial score (nSPS) is 11.2. The molecular weight excluding hydrogens is 385 g/mol. The van der Waals surface area contributed by atoms with Crippen LogP contribution in [0.5, 0.6) is 0 Å². The molecule has 0 aliphatic rings. The maximum absolute atomic E-state index is 12.8. The average molecular weight is 410 g/mol. The summed E-state index contributed by atoms with van der Waals surface area (Å²) in [4.78, 5) is 27.0. The van der Waals surface area contributed by atoms with Crippen LogP contribution in [-0.4, -0.2) is 49.9 Å². The van der Waals surface area contributed by atoms with Crippen LogP contribution < -0.4 is 10.6 Å². The standard InChI is InChI=1S/C20H24ClN3O2.ClH/c1-22-12-13-24(2)20(26)18(14-15-6-4-3-5-7-15)23-19(25)16-8-10-17(21)11-9-16;/h3-11,18,22H,12-14H2,1-2H3,(H,23,25);1H. The maximum atomic E-state index is 12.8. The Hall–Kier alpha value is -2.08. The fourth-order valence-corrected chi connectivity index (χ4v) is 2.67. The second-order valence-corrected chi connectivity index (χ2v) is 6.52. The minimum Gasteiger partial charge on any atom is -0.343 e. The van der Waals surface area contributed by atoms with Crippen molar-refractivity contribution in [2.24, 2.45) is 0 Å². The lowest BCUT2D eigenvalue weighted by molar-refractivity contribution is -0.131. The van der Waals surface area contributed by atoms with E-state index in [0.717, 1.165) is 5.56 Å². The Kier molecular flexibility index (Phi) is 9.86. The number of carbonyl (C=O) groups is 2. The van der Waals surface area contributed by atoms with Gasteiger partial charge in [0.2, 0.25) is 5.91 Å². The highest BCUT2D eigenvalue weighted by Crippen LogP contribution is 2.11. The summed E-state index contributed by atoms with van der Waals surface area (Å²) in [5.41, 5.74) is 1.46. The molecule has 0 saturated carbocycles. The topological polar surface area (TPSA) is 61.4 Å². The quantitative estimate of drug-likeness (QED) is 0.704. The first-order valence-corrected chi connectivity index (χ1v) is 8.89. The van der Waals surface area contributed by atoms with E-state index in [-0.39, 0.29) is 24.2 Å². The SMILES string of the molecule is CNCCN(C)C(=O)C(Cc1ccccc1)NC(=O)c1ccc(Cl)cc1.Cl. The summed E-state index contributed by atoms with van der Waals surface area (Å²) < 4.78 is 0. The van der Waals surface area contributed by atoms with Gasteiger partial charge in [0.05, 0.1) is 0 Å². The van der Waals surface area contributed by atoms with E-state index in [9.17, 15) is 9.59 Å². The van der Waals surface area contributed by atoms with Gasteiger partial charge in [0.1, 0.15) is 6.04 Å². The molecule has 0 fully saturated rings. The third kappa shape index (κ3) is 7.21. The molecule has 0 aliphatic carbocycles. The Morgan fingerprint density at radius 2 is 1.70 bits per heavy atom. The van der Waals surface area contributed by atoms with Crippen LogP contribution in [0.25, 0.3) is 0 Å². The molecule has 0 radical (unpaired) electrons. The van der Waals surface area contributed by atoms with Crippen LogP contribution in [0.2, 0.25) is 5.02 Å². The van der Waals surface area contributed by atoms with E-state index in [2.05, 4.69) is 10.6 Å². The largest absolute Gasteiger partial charge is 0.343 e. The van der Waals surface area contributed by atoms with Crippen molar-refractivity contribution < 1.29 is 9.59 Å². The number of nitrogens with zero attached hydrogens (tertiary/aromatic N) is 1. The molecular formula is C20H25Cl2N3O2. The Labute approximate surface area is 171 Å². The van der Waals surface area contributed by atoms with Crippen molar-refractivity contribution in [1.82, 2.24) is 15.5 Å². The monoisotopic (exact) mass is 409 g/mol. The minimum absolute atomic E-state index is 0. The highest BCUT2D eigenvalue weighted by Gasteiger charge is 2.24. The number of rotatable bonds is 8. The zero-order chi connectivity index (χ0) is 18.9. The molecule has 0 spiro atoms. The molecule has 146 valence electrons. The number of halogens is 2. The van der Waals surface area contributed by atoms with E-state index in [0.29, 0.717) is 30.1 Å². The van der Waals surface area contributed by atoms with E-state index in [1.54, 1.807) is 36.2 Å². The van der Waals surface area contributed by atoms with Gasteiger partial charge in [-0.3, -0.25) is 9.59 Å². The van der Waals surface area contributed by atoms with Crippen LogP contribution in [-0.2, 0) is 11.2 Å². The lowest BCUT2D eigenvalue weighted by Gasteiger charge is -2.25. The Bertz CT molecular complexity index is 724. The molecule has 0 bridgehead atoms. The lowest BCUT2D eigenvalue weighted by Crippen LogP contribution is -2.49. The molecule has 0 heterocycles. The van der Waals surface area contributed by atoms with E-state index in [1.165, 1.54) is 0 Å². The summed E-state index contributed by atoms with van der Waals surface area (Å²) in [5.74, 6) is -0.413. The number of likely N-dealkylation sites (N-methyl/N-ethyl adjacent to an activating group) is 2. The van der Waals surface area contributed by atoms with Gasteiger partial charge in [-0.2, -0.15) is 0 Å². The van der Waals surface area contributed by atoms with E-state index in [4.69, 9.17) is 11.6 Å². The number of hydrogen-bond acceptors (Lipinski definition) is 3. The van der Waals surface area contributed by atoms with Gasteiger partial charge >= 0.3 is 0 Å². The van der Waals surface area contributed by atoms with Crippen molar-refractivity contribution >= 4 is 35.8 Å². The first kappa shape index (κ1) is 23.0. The number of carbonyl (C=O) groups excluding carboxylic acids is 2. The summed E-state index contributed by atoms with van der Waals surface area (Å²) >= 11 is 5.87. The minimum atomic E-state index is -0.637. The van der Waals surface area contributed by atoms with Crippen molar-refractivity contribution in [3.63, 3.8) is 0 Å². The Morgan fingerprint density at radius 3 is 2.30 bits per heavy atom. The average Bonchev–Trinajstić information content (AvgIpc) is 2.66. The van der Waals surface area contributed by atoms with Crippen molar-refractivity contribution in [2.45, 2.75) is 12.5 Å². The van der Waals surface area contributed by atoms with Crippen molar-refractivity contribution in [1.29, 1.82) is 0 Å². The molecule has 0 aliphatic heterocycles. The number of nitrogens with one attached hydrogen (secondary N) is 2. The number of benzene rings is 2. The predicted molar refractivity (Wildman–Crippen MR) is 112 cm³/mol. The molecule has 2 rings (SSSR count). The van der Waals surface area contributed by atoms with Crippen molar-refractivity contribution in [3.05, 3.63) is 70.7 Å². The molecule has 5 nitrogen and oxygen atoms in total. The van der Waals surface area contributed by atoms with Crippen LogP contribution in [0.15, 0.2) is 54.6 Å². The van der Waals surface area contributed by atoms with Gasteiger partial charge in [-0.1, -0.05) is 41.9 Å². The summed E-state index contributed by atoms with van der Waals surface area (Å²) in [6, 6.07) is 15.6. The van der Waals surface area contributed by atoms with Crippen molar-refractivity contribution in [3.8, 4) is 0 Å². The zero-order valence-electron chi connectivity index (χ0n) is 15.4. The first-order chi connectivity index (χ1) is 12.5. The fourth-order valence-electron chi connectivity index (χ4n) is 2.55. The Morgan fingerprint density at radius 1 is 1.07 bits per heavy atom. The van der Waals surface area contributed by atoms with Crippen molar-refractivity contribution in [2.75, 3.05) is 27.2 Å². The third-order valence-corrected chi connectivity index (χ3v) is 4.32. The smallest absolute Gasteiger partial charge is 0.251 e. The summed E-state index contributed by atoms with van der Waals surface area (Å²) in [5, 5.41) is 6.45. The second-order valence-electron chi connectivity index (χ2n) is 6.09. The molecule has 0 aromatic heterocycles. The molecule has 1 atom stereocenters. The van der Waals surface area contributed by atoms with Gasteiger partial charge in [-0.25, -0.2) is 0 Å². The molecule has 2 aromatic carbocycles. The van der Waals surface area contributed by atoms with Gasteiger partial charge in [-0.15, -0.1) is 12.4 Å². The van der Waals surface area contributed by atoms with E-state index in [1.807, 2.05) is 37.4 Å². The van der Waals surface area contributed by atoms with E-state index < -0.39 is 6.04 Å². The maximum Gasteiger partial charge on any atom is 0.251 e. The summed E-state index contributed by atoms with van der Waals surface area (Å²) in [6.45, 7) is 1.25. The van der Waals surface area contributed by atoms with Crippen LogP contribution in [0.4, 0.5) is 0 Å². The molecule has 1 unspecified atom stereocenters. The van der Waals surface area contributed by atoms with Gasteiger partial charge in [0.15, 0.2) is 0 Å². The van der Waals surface area contributed by atoms with E-state index >= 15 is 0 Å². The molecule has 27 heavy (non-hydrogen) atoms. The Balaban J connectivity index is 0.00000364. The molecule has 2 N–H and O–H groups in total.